The molecule has 0 amide bonds. The minimum atomic E-state index is -0.884. The van der Waals surface area contributed by atoms with Gasteiger partial charge in [-0.15, -0.1) is 0 Å². The van der Waals surface area contributed by atoms with Crippen molar-refractivity contribution in [2.24, 2.45) is 5.73 Å². The highest BCUT2D eigenvalue weighted by Crippen LogP contribution is 2.30. The van der Waals surface area contributed by atoms with Gasteiger partial charge in [0.2, 0.25) is 0 Å². The number of hydrogen-bond donors (Lipinski definition) is 1. The van der Waals surface area contributed by atoms with Gasteiger partial charge in [-0.2, -0.15) is 0 Å². The average Bonchev–Trinajstić information content (AvgIpc) is 2.14. The average molecular weight is 236 g/mol. The summed E-state index contributed by atoms with van der Waals surface area (Å²) in [7, 11) is 1.19. The molecule has 0 aliphatic rings. The second-order valence-electron chi connectivity index (χ2n) is 3.36. The normalized spacial score (nSPS) is 12.7. The summed E-state index contributed by atoms with van der Waals surface area (Å²) < 4.78 is 31.5. The van der Waals surface area contributed by atoms with Crippen LogP contribution in [0.3, 0.4) is 0 Å². The Balaban J connectivity index is 3.24. The number of ether oxygens (including phenoxy) is 1. The van der Waals surface area contributed by atoms with Gasteiger partial charge in [-0.25, -0.2) is 8.78 Å². The van der Waals surface area contributed by atoms with E-state index in [0.29, 0.717) is 0 Å². The van der Waals surface area contributed by atoms with Gasteiger partial charge in [0.15, 0.2) is 17.4 Å². The van der Waals surface area contributed by atoms with E-state index >= 15 is 0 Å². The van der Waals surface area contributed by atoms with Crippen LogP contribution in [0.4, 0.5) is 8.78 Å². The quantitative estimate of drug-likeness (QED) is 0.817. The van der Waals surface area contributed by atoms with Crippen LogP contribution in [-0.4, -0.2) is 13.2 Å². The molecule has 2 nitrogen and oxygen atoms in total. The van der Waals surface area contributed by atoms with Crippen molar-refractivity contribution >= 4 is 11.6 Å². The standard InChI is InChI=1S/C10H12ClF2NO/c1-5(14)3-6-4-7(11)9(13)10(15-2)8(6)12/h4-5H,3,14H2,1-2H3. The summed E-state index contributed by atoms with van der Waals surface area (Å²) in [4.78, 5) is 0. The predicted octanol–water partition coefficient (Wildman–Crippen LogP) is 2.52. The third-order valence-corrected chi connectivity index (χ3v) is 2.21. The van der Waals surface area contributed by atoms with Crippen LogP contribution in [0, 0.1) is 11.6 Å². The Hall–Kier alpha value is -0.870. The molecule has 15 heavy (non-hydrogen) atoms. The summed E-state index contributed by atoms with van der Waals surface area (Å²) in [6, 6.07) is 1.00. The largest absolute Gasteiger partial charge is 0.491 e. The Labute approximate surface area is 92.0 Å². The maximum atomic E-state index is 13.6. The zero-order chi connectivity index (χ0) is 11.6. The first-order chi connectivity index (χ1) is 6.97. The van der Waals surface area contributed by atoms with E-state index in [1.54, 1.807) is 6.92 Å². The molecule has 0 radical (unpaired) electrons. The Morgan fingerprint density at radius 1 is 1.47 bits per heavy atom. The van der Waals surface area contributed by atoms with Crippen molar-refractivity contribution in [2.75, 3.05) is 7.11 Å². The SMILES string of the molecule is COc1c(F)c(Cl)cc(CC(C)N)c1F. The van der Waals surface area contributed by atoms with Crippen molar-refractivity contribution in [3.8, 4) is 5.75 Å². The van der Waals surface area contributed by atoms with Gasteiger partial charge < -0.3 is 10.5 Å². The van der Waals surface area contributed by atoms with Gasteiger partial charge in [0.25, 0.3) is 0 Å². The van der Waals surface area contributed by atoms with E-state index in [0.717, 1.165) is 0 Å². The molecule has 0 aliphatic heterocycles. The molecule has 1 atom stereocenters. The molecule has 0 saturated carbocycles. The van der Waals surface area contributed by atoms with Gasteiger partial charge in [-0.1, -0.05) is 11.6 Å². The topological polar surface area (TPSA) is 35.2 Å². The molecule has 1 rings (SSSR count). The molecular weight excluding hydrogens is 224 g/mol. The van der Waals surface area contributed by atoms with E-state index in [-0.39, 0.29) is 23.0 Å². The van der Waals surface area contributed by atoms with Gasteiger partial charge in [0.05, 0.1) is 12.1 Å². The van der Waals surface area contributed by atoms with E-state index in [2.05, 4.69) is 4.74 Å². The zero-order valence-corrected chi connectivity index (χ0v) is 9.24. The maximum absolute atomic E-state index is 13.6. The minimum Gasteiger partial charge on any atom is -0.491 e. The lowest BCUT2D eigenvalue weighted by Gasteiger charge is -2.11. The smallest absolute Gasteiger partial charge is 0.192 e. The van der Waals surface area contributed by atoms with Crippen molar-refractivity contribution < 1.29 is 13.5 Å². The molecule has 2 N–H and O–H groups in total. The van der Waals surface area contributed by atoms with Gasteiger partial charge in [0.1, 0.15) is 0 Å². The van der Waals surface area contributed by atoms with Crippen molar-refractivity contribution in [3.63, 3.8) is 0 Å². The molecule has 0 aliphatic carbocycles. The summed E-state index contributed by atoms with van der Waals surface area (Å²) >= 11 is 5.59. The van der Waals surface area contributed by atoms with Crippen LogP contribution in [0.2, 0.25) is 5.02 Å². The lowest BCUT2D eigenvalue weighted by Crippen LogP contribution is -2.19. The number of rotatable bonds is 3. The Morgan fingerprint density at radius 2 is 2.07 bits per heavy atom. The number of hydrogen-bond acceptors (Lipinski definition) is 2. The molecule has 0 spiro atoms. The van der Waals surface area contributed by atoms with Crippen LogP contribution in [0.5, 0.6) is 5.75 Å². The van der Waals surface area contributed by atoms with E-state index in [9.17, 15) is 8.78 Å². The fourth-order valence-corrected chi connectivity index (χ4v) is 1.52. The fraction of sp³-hybridized carbons (Fsp3) is 0.400. The van der Waals surface area contributed by atoms with E-state index in [4.69, 9.17) is 17.3 Å². The van der Waals surface area contributed by atoms with Crippen LogP contribution in [-0.2, 0) is 6.42 Å². The van der Waals surface area contributed by atoms with Crippen LogP contribution < -0.4 is 10.5 Å². The van der Waals surface area contributed by atoms with E-state index in [1.165, 1.54) is 13.2 Å². The summed E-state index contributed by atoms with van der Waals surface area (Å²) in [5.74, 6) is -2.08. The number of halogens is 3. The molecule has 0 saturated heterocycles. The molecular formula is C10H12ClF2NO. The molecule has 1 unspecified atom stereocenters. The number of methoxy groups -OCH3 is 1. The number of nitrogens with two attached hydrogens (primary N) is 1. The van der Waals surface area contributed by atoms with Crippen LogP contribution >= 0.6 is 11.6 Å². The van der Waals surface area contributed by atoms with Crippen LogP contribution in [0.1, 0.15) is 12.5 Å². The highest BCUT2D eigenvalue weighted by Gasteiger charge is 2.18. The number of benzene rings is 1. The van der Waals surface area contributed by atoms with Crippen LogP contribution in [0.15, 0.2) is 6.07 Å². The van der Waals surface area contributed by atoms with E-state index in [1.807, 2.05) is 0 Å². The fourth-order valence-electron chi connectivity index (χ4n) is 1.30. The van der Waals surface area contributed by atoms with Gasteiger partial charge in [0, 0.05) is 6.04 Å². The molecule has 1 aromatic carbocycles. The molecule has 0 heterocycles. The third kappa shape index (κ3) is 2.58. The van der Waals surface area contributed by atoms with Crippen molar-refractivity contribution in [1.82, 2.24) is 0 Å². The van der Waals surface area contributed by atoms with Gasteiger partial charge >= 0.3 is 0 Å². The van der Waals surface area contributed by atoms with Gasteiger partial charge in [-0.05, 0) is 25.0 Å². The lowest BCUT2D eigenvalue weighted by atomic mass is 10.1. The van der Waals surface area contributed by atoms with Crippen molar-refractivity contribution in [1.29, 1.82) is 0 Å². The molecule has 1 aromatic rings. The minimum absolute atomic E-state index is 0.163. The zero-order valence-electron chi connectivity index (χ0n) is 8.48. The van der Waals surface area contributed by atoms with Crippen molar-refractivity contribution in [2.45, 2.75) is 19.4 Å². The summed E-state index contributed by atoms with van der Waals surface area (Å²) in [5, 5.41) is -0.163. The second kappa shape index (κ2) is 4.77. The molecule has 84 valence electrons. The highest BCUT2D eigenvalue weighted by molar-refractivity contribution is 6.31. The summed E-state index contributed by atoms with van der Waals surface area (Å²) in [6.45, 7) is 1.73. The monoisotopic (exact) mass is 235 g/mol. The first kappa shape index (κ1) is 12.2. The first-order valence-corrected chi connectivity index (χ1v) is 4.81. The first-order valence-electron chi connectivity index (χ1n) is 4.43. The Bertz CT molecular complexity index is 369. The Morgan fingerprint density at radius 3 is 2.53 bits per heavy atom. The third-order valence-electron chi connectivity index (χ3n) is 1.94. The predicted molar refractivity (Wildman–Crippen MR) is 55.3 cm³/mol. The van der Waals surface area contributed by atoms with E-state index < -0.39 is 17.4 Å². The lowest BCUT2D eigenvalue weighted by molar-refractivity contribution is 0.357. The summed E-state index contributed by atoms with van der Waals surface area (Å²) in [6.07, 6.45) is 0.280. The molecule has 0 aromatic heterocycles. The molecule has 0 bridgehead atoms. The maximum Gasteiger partial charge on any atom is 0.192 e. The summed E-state index contributed by atoms with van der Waals surface area (Å²) in [5.41, 5.74) is 5.79. The second-order valence-corrected chi connectivity index (χ2v) is 3.77. The molecule has 0 fully saturated rings. The Kier molecular flexibility index (Phi) is 3.88. The van der Waals surface area contributed by atoms with Gasteiger partial charge in [-0.3, -0.25) is 0 Å². The molecule has 5 heteroatoms. The van der Waals surface area contributed by atoms with Crippen LogP contribution in [0.25, 0.3) is 0 Å². The highest BCUT2D eigenvalue weighted by atomic mass is 35.5. The van der Waals surface area contributed by atoms with Crippen molar-refractivity contribution in [3.05, 3.63) is 28.3 Å².